The molecule has 2 aliphatic heterocycles. The van der Waals surface area contributed by atoms with Gasteiger partial charge in [0, 0.05) is 37.3 Å². The lowest BCUT2D eigenvalue weighted by Gasteiger charge is -2.42. The van der Waals surface area contributed by atoms with Crippen LogP contribution in [0.2, 0.25) is 0 Å². The molecule has 146 valence electrons. The van der Waals surface area contributed by atoms with Gasteiger partial charge in [-0.15, -0.1) is 0 Å². The molecule has 2 saturated heterocycles. The fourth-order valence-electron chi connectivity index (χ4n) is 4.41. The van der Waals surface area contributed by atoms with Crippen molar-refractivity contribution in [3.8, 4) is 0 Å². The monoisotopic (exact) mass is 369 g/mol. The fourth-order valence-corrected chi connectivity index (χ4v) is 4.41. The second kappa shape index (κ2) is 8.01. The number of carbonyl (C=O) groups is 2. The normalized spacial score (nSPS) is 24.6. The van der Waals surface area contributed by atoms with Gasteiger partial charge < -0.3 is 10.2 Å². The maximum atomic E-state index is 12.7. The molecule has 5 nitrogen and oxygen atoms in total. The van der Waals surface area contributed by atoms with Gasteiger partial charge in [-0.05, 0) is 64.1 Å². The third kappa shape index (κ3) is 4.52. The molecule has 0 radical (unpaired) electrons. The van der Waals surface area contributed by atoms with Crippen LogP contribution in [0.3, 0.4) is 0 Å². The summed E-state index contributed by atoms with van der Waals surface area (Å²) in [7, 11) is 0. The Hall–Kier alpha value is -1.88. The van der Waals surface area contributed by atoms with Crippen LogP contribution in [-0.2, 0) is 4.79 Å². The highest BCUT2D eigenvalue weighted by Gasteiger charge is 2.34. The Labute approximate surface area is 162 Å². The van der Waals surface area contributed by atoms with Crippen molar-refractivity contribution in [1.82, 2.24) is 15.1 Å². The Balaban J connectivity index is 1.28. The van der Waals surface area contributed by atoms with Gasteiger partial charge in [0.25, 0.3) is 5.91 Å². The highest BCUT2D eigenvalue weighted by atomic mass is 16.2. The van der Waals surface area contributed by atoms with E-state index in [0.29, 0.717) is 12.1 Å². The molecule has 1 atom stereocenters. The number of hydrogen-bond acceptors (Lipinski definition) is 3. The molecule has 1 aliphatic carbocycles. The second-order valence-corrected chi connectivity index (χ2v) is 8.51. The Kier molecular flexibility index (Phi) is 5.48. The molecular weight excluding hydrogens is 338 g/mol. The van der Waals surface area contributed by atoms with Gasteiger partial charge >= 0.3 is 0 Å². The third-order valence-corrected chi connectivity index (χ3v) is 6.31. The van der Waals surface area contributed by atoms with Gasteiger partial charge in [0.2, 0.25) is 5.91 Å². The smallest absolute Gasteiger partial charge is 0.253 e. The zero-order chi connectivity index (χ0) is 18.8. The number of nitrogens with one attached hydrogen (secondary N) is 1. The zero-order valence-electron chi connectivity index (χ0n) is 16.3. The molecule has 5 heteroatoms. The summed E-state index contributed by atoms with van der Waals surface area (Å²) in [6, 6.07) is 8.81. The summed E-state index contributed by atoms with van der Waals surface area (Å²) in [5, 5.41) is 3.17. The summed E-state index contributed by atoms with van der Waals surface area (Å²) in [5.41, 5.74) is 1.96. The first-order chi connectivity index (χ1) is 13.1. The van der Waals surface area contributed by atoms with Crippen LogP contribution < -0.4 is 5.32 Å². The maximum Gasteiger partial charge on any atom is 0.253 e. The molecule has 2 amide bonds. The van der Waals surface area contributed by atoms with E-state index in [4.69, 9.17) is 0 Å². The van der Waals surface area contributed by atoms with Crippen molar-refractivity contribution in [3.63, 3.8) is 0 Å². The number of aryl methyl sites for hydroxylation is 1. The summed E-state index contributed by atoms with van der Waals surface area (Å²) in [4.78, 5) is 29.6. The first-order valence-corrected chi connectivity index (χ1v) is 10.5. The summed E-state index contributed by atoms with van der Waals surface area (Å²) in [6.45, 7) is 5.63. The maximum absolute atomic E-state index is 12.7. The molecule has 0 spiro atoms. The van der Waals surface area contributed by atoms with Crippen molar-refractivity contribution in [2.45, 2.75) is 57.5 Å². The summed E-state index contributed by atoms with van der Waals surface area (Å²) < 4.78 is 0. The van der Waals surface area contributed by atoms with E-state index in [1.165, 1.54) is 5.56 Å². The highest BCUT2D eigenvalue weighted by molar-refractivity contribution is 5.94. The van der Waals surface area contributed by atoms with Crippen LogP contribution in [0.15, 0.2) is 24.3 Å². The van der Waals surface area contributed by atoms with E-state index < -0.39 is 0 Å². The third-order valence-electron chi connectivity index (χ3n) is 6.31. The van der Waals surface area contributed by atoms with Crippen molar-refractivity contribution in [2.75, 3.05) is 26.2 Å². The first kappa shape index (κ1) is 18.5. The van der Waals surface area contributed by atoms with E-state index in [9.17, 15) is 9.59 Å². The number of amides is 2. The van der Waals surface area contributed by atoms with Gasteiger partial charge in [-0.1, -0.05) is 17.7 Å². The van der Waals surface area contributed by atoms with E-state index >= 15 is 0 Å². The minimum absolute atomic E-state index is 0.145. The van der Waals surface area contributed by atoms with Crippen molar-refractivity contribution in [2.24, 2.45) is 5.92 Å². The molecule has 2 heterocycles. The molecule has 4 rings (SSSR count). The number of nitrogens with zero attached hydrogens (tertiary/aromatic N) is 2. The summed E-state index contributed by atoms with van der Waals surface area (Å²) in [6.07, 6.45) is 6.43. The minimum Gasteiger partial charge on any atom is -0.353 e. The topological polar surface area (TPSA) is 52.7 Å². The van der Waals surface area contributed by atoms with E-state index in [1.807, 2.05) is 36.1 Å². The Morgan fingerprint density at radius 1 is 0.963 bits per heavy atom. The molecule has 27 heavy (non-hydrogen) atoms. The van der Waals surface area contributed by atoms with E-state index in [-0.39, 0.29) is 17.7 Å². The van der Waals surface area contributed by atoms with Crippen molar-refractivity contribution in [1.29, 1.82) is 0 Å². The molecule has 1 aromatic carbocycles. The number of piperidine rings is 2. The molecule has 1 N–H and O–H groups in total. The number of benzene rings is 1. The standard InChI is InChI=1S/C22H31N3O2/c1-16-4-6-17(7-5-16)22(27)24-13-10-20(11-14-24)25-12-2-3-18(15-25)21(26)23-19-8-9-19/h4-7,18-20H,2-3,8-15H2,1H3,(H,23,26)/t18-/m0/s1. The SMILES string of the molecule is Cc1ccc(C(=O)N2CCC(N3CCC[C@H](C(=O)NC4CC4)C3)CC2)cc1. The predicted octanol–water partition coefficient (Wildman–Crippen LogP) is 2.59. The lowest BCUT2D eigenvalue weighted by molar-refractivity contribution is -0.127. The molecular formula is C22H31N3O2. The number of carbonyl (C=O) groups excluding carboxylic acids is 2. The number of likely N-dealkylation sites (tertiary alicyclic amines) is 2. The average Bonchev–Trinajstić information content (AvgIpc) is 3.52. The molecule has 0 unspecified atom stereocenters. The van der Waals surface area contributed by atoms with Crippen LogP contribution in [0.4, 0.5) is 0 Å². The van der Waals surface area contributed by atoms with Crippen LogP contribution >= 0.6 is 0 Å². The average molecular weight is 370 g/mol. The van der Waals surface area contributed by atoms with Gasteiger partial charge in [-0.3, -0.25) is 14.5 Å². The molecule has 3 aliphatic rings. The number of rotatable bonds is 4. The van der Waals surface area contributed by atoms with Gasteiger partial charge in [0.15, 0.2) is 0 Å². The van der Waals surface area contributed by atoms with Crippen LogP contribution in [0.5, 0.6) is 0 Å². The van der Waals surface area contributed by atoms with Gasteiger partial charge in [0.05, 0.1) is 5.92 Å². The Morgan fingerprint density at radius 2 is 1.67 bits per heavy atom. The van der Waals surface area contributed by atoms with Crippen molar-refractivity contribution < 1.29 is 9.59 Å². The highest BCUT2D eigenvalue weighted by Crippen LogP contribution is 2.26. The number of hydrogen-bond donors (Lipinski definition) is 1. The molecule has 1 saturated carbocycles. The second-order valence-electron chi connectivity index (χ2n) is 8.51. The van der Waals surface area contributed by atoms with E-state index in [2.05, 4.69) is 10.2 Å². The predicted molar refractivity (Wildman–Crippen MR) is 106 cm³/mol. The van der Waals surface area contributed by atoms with Crippen LogP contribution in [0.1, 0.15) is 54.4 Å². The van der Waals surface area contributed by atoms with E-state index in [0.717, 1.165) is 70.3 Å². The van der Waals surface area contributed by atoms with Crippen LogP contribution in [0, 0.1) is 12.8 Å². The van der Waals surface area contributed by atoms with Gasteiger partial charge in [-0.25, -0.2) is 0 Å². The van der Waals surface area contributed by atoms with Gasteiger partial charge in [0.1, 0.15) is 0 Å². The summed E-state index contributed by atoms with van der Waals surface area (Å²) in [5.74, 6) is 0.550. The van der Waals surface area contributed by atoms with Crippen molar-refractivity contribution in [3.05, 3.63) is 35.4 Å². The van der Waals surface area contributed by atoms with Gasteiger partial charge in [-0.2, -0.15) is 0 Å². The Bertz CT molecular complexity index is 675. The molecule has 1 aromatic rings. The van der Waals surface area contributed by atoms with Crippen molar-refractivity contribution >= 4 is 11.8 Å². The molecule has 3 fully saturated rings. The largest absolute Gasteiger partial charge is 0.353 e. The zero-order valence-corrected chi connectivity index (χ0v) is 16.3. The lowest BCUT2D eigenvalue weighted by Crippen LogP contribution is -2.51. The fraction of sp³-hybridized carbons (Fsp3) is 0.636. The minimum atomic E-state index is 0.145. The lowest BCUT2D eigenvalue weighted by atomic mass is 9.93. The van der Waals surface area contributed by atoms with Crippen LogP contribution in [0.25, 0.3) is 0 Å². The first-order valence-electron chi connectivity index (χ1n) is 10.5. The molecule has 0 bridgehead atoms. The molecule has 0 aromatic heterocycles. The quantitative estimate of drug-likeness (QED) is 0.888. The van der Waals surface area contributed by atoms with E-state index in [1.54, 1.807) is 0 Å². The Morgan fingerprint density at radius 3 is 2.33 bits per heavy atom. The van der Waals surface area contributed by atoms with Crippen LogP contribution in [-0.4, -0.2) is 59.9 Å². The summed E-state index contributed by atoms with van der Waals surface area (Å²) >= 11 is 0.